The number of hydrogen-bond donors (Lipinski definition) is 1. The van der Waals surface area contributed by atoms with Crippen molar-refractivity contribution in [3.8, 4) is 10.4 Å². The van der Waals surface area contributed by atoms with Crippen LogP contribution in [0.4, 0.5) is 5.69 Å². The van der Waals surface area contributed by atoms with E-state index in [1.165, 1.54) is 21.8 Å². The summed E-state index contributed by atoms with van der Waals surface area (Å²) in [5.41, 5.74) is 2.35. The molecule has 0 fully saturated rings. The minimum absolute atomic E-state index is 0.588. The SMILES string of the molecule is Clc1ncc(CNc2ccc(-c3cccs3)cc2)s1. The Bertz CT molecular complexity index is 644. The molecule has 19 heavy (non-hydrogen) atoms. The minimum atomic E-state index is 0.588. The average molecular weight is 307 g/mol. The van der Waals surface area contributed by atoms with Crippen molar-refractivity contribution < 1.29 is 0 Å². The molecule has 5 heteroatoms. The van der Waals surface area contributed by atoms with Crippen molar-refractivity contribution in [1.82, 2.24) is 4.98 Å². The van der Waals surface area contributed by atoms with Crippen molar-refractivity contribution in [2.75, 3.05) is 5.32 Å². The third-order valence-corrected chi connectivity index (χ3v) is 4.72. The summed E-state index contributed by atoms with van der Waals surface area (Å²) in [5.74, 6) is 0. The summed E-state index contributed by atoms with van der Waals surface area (Å²) in [6.07, 6.45) is 1.81. The third-order valence-electron chi connectivity index (χ3n) is 2.68. The largest absolute Gasteiger partial charge is 0.380 e. The maximum atomic E-state index is 5.80. The molecule has 0 unspecified atom stereocenters. The maximum absolute atomic E-state index is 5.80. The summed E-state index contributed by atoms with van der Waals surface area (Å²) in [6.45, 7) is 0.753. The Labute approximate surface area is 124 Å². The number of anilines is 1. The fraction of sp³-hybridized carbons (Fsp3) is 0.0714. The van der Waals surface area contributed by atoms with Crippen LogP contribution in [0.1, 0.15) is 4.88 Å². The van der Waals surface area contributed by atoms with E-state index in [0.717, 1.165) is 17.1 Å². The molecule has 0 saturated carbocycles. The second-order valence-corrected chi connectivity index (χ2v) is 6.63. The average Bonchev–Trinajstić information content (AvgIpc) is 3.08. The molecule has 3 rings (SSSR count). The van der Waals surface area contributed by atoms with Gasteiger partial charge in [0.05, 0.1) is 6.54 Å². The van der Waals surface area contributed by atoms with E-state index in [2.05, 4.69) is 52.1 Å². The second-order valence-electron chi connectivity index (χ2n) is 3.99. The van der Waals surface area contributed by atoms with E-state index in [0.29, 0.717) is 4.47 Å². The number of hydrogen-bond acceptors (Lipinski definition) is 4. The van der Waals surface area contributed by atoms with E-state index in [1.807, 2.05) is 0 Å². The molecule has 2 aromatic heterocycles. The number of nitrogens with one attached hydrogen (secondary N) is 1. The highest BCUT2D eigenvalue weighted by Gasteiger charge is 2.01. The van der Waals surface area contributed by atoms with Gasteiger partial charge in [0.2, 0.25) is 0 Å². The lowest BCUT2D eigenvalue weighted by atomic mass is 10.2. The summed E-state index contributed by atoms with van der Waals surface area (Å²) < 4.78 is 0.588. The monoisotopic (exact) mass is 306 g/mol. The zero-order valence-corrected chi connectivity index (χ0v) is 12.4. The van der Waals surface area contributed by atoms with Crippen LogP contribution < -0.4 is 5.32 Å². The molecular formula is C14H11ClN2S2. The topological polar surface area (TPSA) is 24.9 Å². The molecule has 2 heterocycles. The molecule has 0 aliphatic heterocycles. The van der Waals surface area contributed by atoms with Crippen molar-refractivity contribution >= 4 is 40.0 Å². The molecule has 0 atom stereocenters. The van der Waals surface area contributed by atoms with Crippen molar-refractivity contribution in [2.24, 2.45) is 0 Å². The molecule has 0 aliphatic carbocycles. The lowest BCUT2D eigenvalue weighted by Crippen LogP contribution is -1.96. The smallest absolute Gasteiger partial charge is 0.183 e. The normalized spacial score (nSPS) is 10.6. The number of rotatable bonds is 4. The lowest BCUT2D eigenvalue weighted by molar-refractivity contribution is 1.17. The van der Waals surface area contributed by atoms with Crippen LogP contribution in [0.25, 0.3) is 10.4 Å². The summed E-state index contributed by atoms with van der Waals surface area (Å²) in [7, 11) is 0. The van der Waals surface area contributed by atoms with Gasteiger partial charge in [0.15, 0.2) is 4.47 Å². The van der Waals surface area contributed by atoms with Crippen LogP contribution in [0.15, 0.2) is 48.0 Å². The number of benzene rings is 1. The second kappa shape index (κ2) is 5.74. The maximum Gasteiger partial charge on any atom is 0.183 e. The van der Waals surface area contributed by atoms with Gasteiger partial charge < -0.3 is 5.32 Å². The van der Waals surface area contributed by atoms with Crippen LogP contribution in [0.2, 0.25) is 4.47 Å². The van der Waals surface area contributed by atoms with Gasteiger partial charge in [-0.05, 0) is 29.1 Å². The predicted molar refractivity (Wildman–Crippen MR) is 84.2 cm³/mol. The summed E-state index contributed by atoms with van der Waals surface area (Å²) >= 11 is 9.06. The molecule has 1 aromatic carbocycles. The van der Waals surface area contributed by atoms with Gasteiger partial charge in [-0.2, -0.15) is 0 Å². The van der Waals surface area contributed by atoms with Crippen molar-refractivity contribution in [1.29, 1.82) is 0 Å². The lowest BCUT2D eigenvalue weighted by Gasteiger charge is -2.05. The number of thiazole rings is 1. The van der Waals surface area contributed by atoms with E-state index in [1.54, 1.807) is 17.5 Å². The molecule has 0 spiro atoms. The van der Waals surface area contributed by atoms with Gasteiger partial charge in [0.1, 0.15) is 0 Å². The fourth-order valence-electron chi connectivity index (χ4n) is 1.75. The first-order valence-corrected chi connectivity index (χ1v) is 7.87. The molecule has 0 aliphatic rings. The van der Waals surface area contributed by atoms with Gasteiger partial charge in [0, 0.05) is 21.6 Å². The fourth-order valence-corrected chi connectivity index (χ4v) is 3.40. The van der Waals surface area contributed by atoms with Crippen molar-refractivity contribution in [2.45, 2.75) is 6.54 Å². The highest BCUT2D eigenvalue weighted by Crippen LogP contribution is 2.26. The Kier molecular flexibility index (Phi) is 3.82. The number of thiophene rings is 1. The zero-order valence-electron chi connectivity index (χ0n) is 9.97. The van der Waals surface area contributed by atoms with Crippen molar-refractivity contribution in [3.63, 3.8) is 0 Å². The molecule has 0 radical (unpaired) electrons. The summed E-state index contributed by atoms with van der Waals surface area (Å²) in [4.78, 5) is 6.45. The Balaban J connectivity index is 1.66. The Morgan fingerprint density at radius 3 is 2.63 bits per heavy atom. The number of aromatic nitrogens is 1. The Hall–Kier alpha value is -1.36. The van der Waals surface area contributed by atoms with Gasteiger partial charge in [-0.3, -0.25) is 0 Å². The zero-order chi connectivity index (χ0) is 13.1. The van der Waals surface area contributed by atoms with Crippen LogP contribution in [0, 0.1) is 0 Å². The van der Waals surface area contributed by atoms with Gasteiger partial charge >= 0.3 is 0 Å². The van der Waals surface area contributed by atoms with Gasteiger partial charge in [-0.25, -0.2) is 4.98 Å². The first kappa shape index (κ1) is 12.7. The first-order chi connectivity index (χ1) is 9.31. The predicted octanol–water partition coefficient (Wildman–Crippen LogP) is 5.14. The molecule has 1 N–H and O–H groups in total. The highest BCUT2D eigenvalue weighted by molar-refractivity contribution is 7.15. The summed E-state index contributed by atoms with van der Waals surface area (Å²) in [5, 5.41) is 5.45. The molecule has 0 amide bonds. The van der Waals surface area contributed by atoms with Gasteiger partial charge in [0.25, 0.3) is 0 Å². The van der Waals surface area contributed by atoms with E-state index in [-0.39, 0.29) is 0 Å². The molecule has 96 valence electrons. The molecule has 2 nitrogen and oxygen atoms in total. The Morgan fingerprint density at radius 1 is 1.16 bits per heavy atom. The van der Waals surface area contributed by atoms with Crippen LogP contribution in [0.5, 0.6) is 0 Å². The van der Waals surface area contributed by atoms with E-state index in [4.69, 9.17) is 11.6 Å². The van der Waals surface area contributed by atoms with E-state index in [9.17, 15) is 0 Å². The minimum Gasteiger partial charge on any atom is -0.380 e. The summed E-state index contributed by atoms with van der Waals surface area (Å²) in [6, 6.07) is 12.7. The number of halogens is 1. The van der Waals surface area contributed by atoms with Crippen LogP contribution in [-0.4, -0.2) is 4.98 Å². The quantitative estimate of drug-likeness (QED) is 0.722. The van der Waals surface area contributed by atoms with Crippen LogP contribution in [0.3, 0.4) is 0 Å². The first-order valence-electron chi connectivity index (χ1n) is 5.79. The molecule has 0 saturated heterocycles. The Morgan fingerprint density at radius 2 is 2.00 bits per heavy atom. The molecular weight excluding hydrogens is 296 g/mol. The molecule has 3 aromatic rings. The van der Waals surface area contributed by atoms with E-state index >= 15 is 0 Å². The van der Waals surface area contributed by atoms with Crippen molar-refractivity contribution in [3.05, 3.63) is 57.3 Å². The van der Waals surface area contributed by atoms with Gasteiger partial charge in [-0.1, -0.05) is 29.8 Å². The van der Waals surface area contributed by atoms with E-state index < -0.39 is 0 Å². The van der Waals surface area contributed by atoms with Gasteiger partial charge in [-0.15, -0.1) is 22.7 Å². The standard InChI is InChI=1S/C14H11ClN2S2/c15-14-17-9-12(19-14)8-16-11-5-3-10(4-6-11)13-2-1-7-18-13/h1-7,9,16H,8H2. The third kappa shape index (κ3) is 3.15. The van der Waals surface area contributed by atoms with Crippen LogP contribution in [-0.2, 0) is 6.54 Å². The highest BCUT2D eigenvalue weighted by atomic mass is 35.5. The molecule has 0 bridgehead atoms. The van der Waals surface area contributed by atoms with Crippen LogP contribution >= 0.6 is 34.3 Å². The number of nitrogens with zero attached hydrogens (tertiary/aromatic N) is 1.